The van der Waals surface area contributed by atoms with Crippen molar-refractivity contribution < 1.29 is 5.11 Å². The van der Waals surface area contributed by atoms with E-state index in [-0.39, 0.29) is 0 Å². The third-order valence-electron chi connectivity index (χ3n) is 5.07. The van der Waals surface area contributed by atoms with Crippen LogP contribution in [-0.4, -0.2) is 5.11 Å². The quantitative estimate of drug-likeness (QED) is 0.498. The number of thiophene rings is 1. The number of hydrogen-bond donors (Lipinski definition) is 1. The van der Waals surface area contributed by atoms with Gasteiger partial charge in [0.15, 0.2) is 0 Å². The van der Waals surface area contributed by atoms with Crippen LogP contribution < -0.4 is 0 Å². The third kappa shape index (κ3) is 1.98. The lowest BCUT2D eigenvalue weighted by Crippen LogP contribution is -2.26. The van der Waals surface area contributed by atoms with E-state index in [0.717, 1.165) is 38.9 Å². The van der Waals surface area contributed by atoms with E-state index >= 15 is 0 Å². The summed E-state index contributed by atoms with van der Waals surface area (Å²) in [5.74, 6) is 0. The Bertz CT molecular complexity index is 1020. The van der Waals surface area contributed by atoms with E-state index < -0.39 is 5.60 Å². The summed E-state index contributed by atoms with van der Waals surface area (Å²) in [6, 6.07) is 26.6. The van der Waals surface area contributed by atoms with Crippen LogP contribution >= 0.6 is 11.3 Å². The molecule has 4 aromatic rings. The molecule has 2 heteroatoms. The van der Waals surface area contributed by atoms with Crippen LogP contribution in [0.3, 0.4) is 0 Å². The first-order valence-corrected chi connectivity index (χ1v) is 9.28. The van der Waals surface area contributed by atoms with Gasteiger partial charge in [0.25, 0.3) is 0 Å². The summed E-state index contributed by atoms with van der Waals surface area (Å²) in [7, 11) is 0. The molecule has 0 aliphatic heterocycles. The van der Waals surface area contributed by atoms with Gasteiger partial charge < -0.3 is 5.11 Å². The van der Waals surface area contributed by atoms with Crippen molar-refractivity contribution in [3.8, 4) is 22.3 Å². The molecule has 0 saturated carbocycles. The van der Waals surface area contributed by atoms with E-state index in [4.69, 9.17) is 0 Å². The number of benzene rings is 3. The predicted molar refractivity (Wildman–Crippen MR) is 104 cm³/mol. The van der Waals surface area contributed by atoms with Crippen molar-refractivity contribution in [3.05, 3.63) is 106 Å². The van der Waals surface area contributed by atoms with Gasteiger partial charge in [0.05, 0.1) is 0 Å². The van der Waals surface area contributed by atoms with E-state index in [1.54, 1.807) is 11.3 Å². The molecular weight excluding hydrogens is 324 g/mol. The normalized spacial score (nSPS) is 14.1. The zero-order valence-corrected chi connectivity index (χ0v) is 14.3. The summed E-state index contributed by atoms with van der Waals surface area (Å²) in [6.07, 6.45) is 0. The molecule has 0 unspecified atom stereocenters. The summed E-state index contributed by atoms with van der Waals surface area (Å²) in [6.45, 7) is 0. The van der Waals surface area contributed by atoms with Gasteiger partial charge in [0.2, 0.25) is 0 Å². The molecule has 0 fully saturated rings. The number of hydrogen-bond acceptors (Lipinski definition) is 2. The topological polar surface area (TPSA) is 20.2 Å². The number of fused-ring (bicyclic) bond motifs is 3. The largest absolute Gasteiger partial charge is 0.376 e. The van der Waals surface area contributed by atoms with Crippen molar-refractivity contribution in [3.63, 3.8) is 0 Å². The van der Waals surface area contributed by atoms with Crippen LogP contribution in [0.25, 0.3) is 22.3 Å². The molecule has 0 radical (unpaired) electrons. The molecule has 120 valence electrons. The van der Waals surface area contributed by atoms with Gasteiger partial charge in [-0.05, 0) is 39.1 Å². The lowest BCUT2D eigenvalue weighted by atomic mass is 9.80. The van der Waals surface area contributed by atoms with Crippen molar-refractivity contribution in [2.24, 2.45) is 0 Å². The van der Waals surface area contributed by atoms with Crippen molar-refractivity contribution >= 4 is 11.3 Å². The Morgan fingerprint density at radius 2 is 1.08 bits per heavy atom. The fraction of sp³-hybridized carbons (Fsp3) is 0.0435. The van der Waals surface area contributed by atoms with Gasteiger partial charge in [-0.15, -0.1) is 0 Å². The Hall–Kier alpha value is -2.68. The smallest absolute Gasteiger partial charge is 0.142 e. The Labute approximate surface area is 150 Å². The average Bonchev–Trinajstić information content (AvgIpc) is 3.29. The van der Waals surface area contributed by atoms with Gasteiger partial charge in [-0.25, -0.2) is 0 Å². The molecule has 0 saturated heterocycles. The fourth-order valence-electron chi connectivity index (χ4n) is 3.97. The Kier molecular flexibility index (Phi) is 3.17. The minimum atomic E-state index is -1.13. The molecular formula is C23H16OS. The minimum absolute atomic E-state index is 0.936. The van der Waals surface area contributed by atoms with E-state index in [9.17, 15) is 5.11 Å². The molecule has 1 N–H and O–H groups in total. The van der Waals surface area contributed by atoms with Gasteiger partial charge in [-0.1, -0.05) is 72.8 Å². The minimum Gasteiger partial charge on any atom is -0.376 e. The second kappa shape index (κ2) is 5.41. The number of aliphatic hydroxyl groups is 1. The molecule has 1 aliphatic carbocycles. The highest BCUT2D eigenvalue weighted by atomic mass is 32.1. The van der Waals surface area contributed by atoms with Gasteiger partial charge >= 0.3 is 0 Å². The highest BCUT2D eigenvalue weighted by Gasteiger charge is 2.43. The highest BCUT2D eigenvalue weighted by Crippen LogP contribution is 2.52. The Morgan fingerprint density at radius 3 is 1.60 bits per heavy atom. The molecule has 1 heterocycles. The maximum atomic E-state index is 12.0. The zero-order chi connectivity index (χ0) is 16.9. The Balaban J connectivity index is 1.86. The summed E-state index contributed by atoms with van der Waals surface area (Å²) in [5.41, 5.74) is 6.17. The molecule has 0 atom stereocenters. The standard InChI is InChI=1S/C23H16OS/c24-23(20-10-4-1-7-17(20)16-13-14-25-15-16)21-11-5-2-8-18(21)19-9-3-6-12-22(19)23/h1-15,24H. The molecule has 5 rings (SSSR count). The second-order valence-electron chi connectivity index (χ2n) is 6.36. The molecule has 0 bridgehead atoms. The first-order chi connectivity index (χ1) is 12.3. The molecule has 3 aromatic carbocycles. The zero-order valence-electron chi connectivity index (χ0n) is 13.5. The van der Waals surface area contributed by atoms with Crippen molar-refractivity contribution in [1.82, 2.24) is 0 Å². The lowest BCUT2D eigenvalue weighted by molar-refractivity contribution is 0.131. The van der Waals surface area contributed by atoms with Crippen LogP contribution in [0.2, 0.25) is 0 Å². The third-order valence-corrected chi connectivity index (χ3v) is 5.76. The van der Waals surface area contributed by atoms with Crippen LogP contribution in [0.5, 0.6) is 0 Å². The second-order valence-corrected chi connectivity index (χ2v) is 7.14. The van der Waals surface area contributed by atoms with E-state index in [2.05, 4.69) is 35.0 Å². The van der Waals surface area contributed by atoms with Crippen LogP contribution in [0, 0.1) is 0 Å². The Morgan fingerprint density at radius 1 is 0.600 bits per heavy atom. The first kappa shape index (κ1) is 14.6. The average molecular weight is 340 g/mol. The molecule has 25 heavy (non-hydrogen) atoms. The van der Waals surface area contributed by atoms with Gasteiger partial charge in [0, 0.05) is 16.7 Å². The van der Waals surface area contributed by atoms with Crippen molar-refractivity contribution in [2.45, 2.75) is 5.60 Å². The summed E-state index contributed by atoms with van der Waals surface area (Å²) in [4.78, 5) is 0. The molecule has 1 nitrogen and oxygen atoms in total. The predicted octanol–water partition coefficient (Wildman–Crippen LogP) is 5.68. The van der Waals surface area contributed by atoms with Crippen LogP contribution in [-0.2, 0) is 5.60 Å². The summed E-state index contributed by atoms with van der Waals surface area (Å²) < 4.78 is 0. The first-order valence-electron chi connectivity index (χ1n) is 8.34. The molecule has 1 aromatic heterocycles. The van der Waals surface area contributed by atoms with Gasteiger partial charge in [0.1, 0.15) is 5.60 Å². The summed E-state index contributed by atoms with van der Waals surface area (Å²) in [5, 5.41) is 16.3. The molecule has 1 aliphatic rings. The van der Waals surface area contributed by atoms with Crippen LogP contribution in [0.1, 0.15) is 16.7 Å². The number of rotatable bonds is 2. The summed E-state index contributed by atoms with van der Waals surface area (Å²) >= 11 is 1.67. The van der Waals surface area contributed by atoms with E-state index in [1.165, 1.54) is 0 Å². The lowest BCUT2D eigenvalue weighted by Gasteiger charge is -2.28. The van der Waals surface area contributed by atoms with Crippen molar-refractivity contribution in [2.75, 3.05) is 0 Å². The van der Waals surface area contributed by atoms with Crippen molar-refractivity contribution in [1.29, 1.82) is 0 Å². The van der Waals surface area contributed by atoms with Crippen LogP contribution in [0.15, 0.2) is 89.6 Å². The fourth-order valence-corrected chi connectivity index (χ4v) is 4.63. The van der Waals surface area contributed by atoms with Gasteiger partial charge in [-0.2, -0.15) is 11.3 Å². The monoisotopic (exact) mass is 340 g/mol. The van der Waals surface area contributed by atoms with Crippen LogP contribution in [0.4, 0.5) is 0 Å². The molecule has 0 amide bonds. The van der Waals surface area contributed by atoms with Gasteiger partial charge in [-0.3, -0.25) is 0 Å². The highest BCUT2D eigenvalue weighted by molar-refractivity contribution is 7.08. The molecule has 0 spiro atoms. The maximum absolute atomic E-state index is 12.0. The van der Waals surface area contributed by atoms with E-state index in [1.807, 2.05) is 54.6 Å². The SMILES string of the molecule is OC1(c2ccccc2-c2ccsc2)c2ccccc2-c2ccccc21. The maximum Gasteiger partial charge on any atom is 0.142 e. The van der Waals surface area contributed by atoms with E-state index in [0.29, 0.717) is 0 Å².